The monoisotopic (exact) mass is 405 g/mol. The molecule has 0 N–H and O–H groups in total. The normalized spacial score (nSPS) is 11.1. The zero-order chi connectivity index (χ0) is 18.5. The standard InChI is InChI=1S/C20H20FN3OS.ClH/c1-23(2)13-14-24(18(25)12-11-15-7-4-3-5-8-15)20-22-19-16(21)9-6-10-17(19)26-20;/h3-12H,13-14H2,1-2H3;1H. The molecule has 2 aromatic carbocycles. The van der Waals surface area contributed by atoms with Crippen molar-refractivity contribution in [1.82, 2.24) is 9.88 Å². The zero-order valence-corrected chi connectivity index (χ0v) is 16.8. The van der Waals surface area contributed by atoms with E-state index in [1.54, 1.807) is 17.0 Å². The lowest BCUT2D eigenvalue weighted by molar-refractivity contribution is -0.114. The molecule has 0 atom stereocenters. The van der Waals surface area contributed by atoms with Crippen LogP contribution in [0.15, 0.2) is 54.6 Å². The number of para-hydroxylation sites is 1. The predicted octanol–water partition coefficient (Wildman–Crippen LogP) is 4.47. The number of amides is 1. The van der Waals surface area contributed by atoms with Crippen LogP contribution in [0.25, 0.3) is 16.3 Å². The van der Waals surface area contributed by atoms with Crippen LogP contribution in [-0.4, -0.2) is 43.0 Å². The van der Waals surface area contributed by atoms with Crippen LogP contribution in [0.1, 0.15) is 5.56 Å². The maximum Gasteiger partial charge on any atom is 0.252 e. The summed E-state index contributed by atoms with van der Waals surface area (Å²) < 4.78 is 14.7. The summed E-state index contributed by atoms with van der Waals surface area (Å²) >= 11 is 1.32. The van der Waals surface area contributed by atoms with Gasteiger partial charge in [0.1, 0.15) is 11.3 Å². The minimum absolute atomic E-state index is 0. The Bertz CT molecular complexity index is 927. The molecular weight excluding hydrogens is 385 g/mol. The van der Waals surface area contributed by atoms with Gasteiger partial charge in [-0.15, -0.1) is 12.4 Å². The number of hydrogen-bond acceptors (Lipinski definition) is 4. The van der Waals surface area contributed by atoms with Gasteiger partial charge in [-0.25, -0.2) is 9.37 Å². The molecule has 27 heavy (non-hydrogen) atoms. The quantitative estimate of drug-likeness (QED) is 0.568. The van der Waals surface area contributed by atoms with Gasteiger partial charge < -0.3 is 4.90 Å². The molecule has 142 valence electrons. The molecule has 1 aromatic heterocycles. The lowest BCUT2D eigenvalue weighted by atomic mass is 10.2. The summed E-state index contributed by atoms with van der Waals surface area (Å²) in [5.41, 5.74) is 1.26. The largest absolute Gasteiger partial charge is 0.308 e. The summed E-state index contributed by atoms with van der Waals surface area (Å²) in [5.74, 6) is -0.542. The van der Waals surface area contributed by atoms with E-state index in [2.05, 4.69) is 4.98 Å². The summed E-state index contributed by atoms with van der Waals surface area (Å²) in [5, 5.41) is 0.509. The van der Waals surface area contributed by atoms with Crippen LogP contribution < -0.4 is 4.90 Å². The van der Waals surface area contributed by atoms with Crippen LogP contribution in [0.5, 0.6) is 0 Å². The summed E-state index contributed by atoms with van der Waals surface area (Å²) in [4.78, 5) is 20.7. The smallest absolute Gasteiger partial charge is 0.252 e. The number of nitrogens with zero attached hydrogens (tertiary/aromatic N) is 3. The van der Waals surface area contributed by atoms with Gasteiger partial charge in [-0.3, -0.25) is 9.69 Å². The molecule has 1 amide bonds. The third-order valence-electron chi connectivity index (χ3n) is 3.84. The van der Waals surface area contributed by atoms with Gasteiger partial charge in [-0.05, 0) is 37.9 Å². The molecular formula is C20H21ClFN3OS. The van der Waals surface area contributed by atoms with Crippen LogP contribution in [0.3, 0.4) is 0 Å². The van der Waals surface area contributed by atoms with Gasteiger partial charge in [-0.2, -0.15) is 0 Å². The van der Waals surface area contributed by atoms with Gasteiger partial charge in [0.25, 0.3) is 5.91 Å². The Hall–Kier alpha value is -2.28. The Morgan fingerprint density at radius 2 is 1.85 bits per heavy atom. The van der Waals surface area contributed by atoms with Crippen LogP contribution in [0.2, 0.25) is 0 Å². The number of fused-ring (bicyclic) bond motifs is 1. The first kappa shape index (κ1) is 21.0. The summed E-state index contributed by atoms with van der Waals surface area (Å²) in [6, 6.07) is 14.5. The molecule has 0 aliphatic carbocycles. The van der Waals surface area contributed by atoms with Gasteiger partial charge in [0.15, 0.2) is 5.13 Å². The van der Waals surface area contributed by atoms with Crippen molar-refractivity contribution in [3.63, 3.8) is 0 Å². The maximum atomic E-state index is 14.0. The third-order valence-corrected chi connectivity index (χ3v) is 4.89. The van der Waals surface area contributed by atoms with Crippen LogP contribution in [0, 0.1) is 5.82 Å². The fourth-order valence-electron chi connectivity index (χ4n) is 2.44. The second-order valence-electron chi connectivity index (χ2n) is 6.12. The first-order valence-electron chi connectivity index (χ1n) is 8.29. The minimum atomic E-state index is -0.371. The predicted molar refractivity (Wildman–Crippen MR) is 113 cm³/mol. The van der Waals surface area contributed by atoms with Crippen molar-refractivity contribution in [1.29, 1.82) is 0 Å². The molecule has 3 aromatic rings. The fraction of sp³-hybridized carbons (Fsp3) is 0.200. The number of hydrogen-bond donors (Lipinski definition) is 0. The van der Waals surface area contributed by atoms with Crippen molar-refractivity contribution in [3.05, 3.63) is 66.0 Å². The highest BCUT2D eigenvalue weighted by molar-refractivity contribution is 7.22. The van der Waals surface area contributed by atoms with E-state index < -0.39 is 0 Å². The van der Waals surface area contributed by atoms with Crippen LogP contribution >= 0.6 is 23.7 Å². The van der Waals surface area contributed by atoms with E-state index >= 15 is 0 Å². The Labute approximate surface area is 168 Å². The number of carbonyl (C=O) groups is 1. The van der Waals surface area contributed by atoms with Gasteiger partial charge in [0.05, 0.1) is 4.70 Å². The molecule has 0 fully saturated rings. The van der Waals surface area contributed by atoms with Crippen molar-refractivity contribution in [2.45, 2.75) is 0 Å². The van der Waals surface area contributed by atoms with Crippen molar-refractivity contribution < 1.29 is 9.18 Å². The Kier molecular flexibility index (Phi) is 7.47. The minimum Gasteiger partial charge on any atom is -0.308 e. The second-order valence-corrected chi connectivity index (χ2v) is 7.13. The van der Waals surface area contributed by atoms with Gasteiger partial charge in [0, 0.05) is 19.2 Å². The SMILES string of the molecule is CN(C)CCN(C(=O)C=Cc1ccccc1)c1nc2c(F)cccc2s1.Cl. The van der Waals surface area contributed by atoms with Gasteiger partial charge in [0.2, 0.25) is 0 Å². The topological polar surface area (TPSA) is 36.4 Å². The first-order chi connectivity index (χ1) is 12.5. The number of benzene rings is 2. The average Bonchev–Trinajstić information content (AvgIpc) is 3.06. The highest BCUT2D eigenvalue weighted by atomic mass is 35.5. The first-order valence-corrected chi connectivity index (χ1v) is 9.10. The molecule has 0 saturated heterocycles. The van der Waals surface area contributed by atoms with Gasteiger partial charge in [-0.1, -0.05) is 47.7 Å². The van der Waals surface area contributed by atoms with E-state index in [9.17, 15) is 9.18 Å². The number of rotatable bonds is 6. The Morgan fingerprint density at radius 1 is 1.11 bits per heavy atom. The molecule has 4 nitrogen and oxygen atoms in total. The molecule has 0 aliphatic rings. The van der Waals surface area contributed by atoms with E-state index in [0.29, 0.717) is 23.7 Å². The molecule has 3 rings (SSSR count). The van der Waals surface area contributed by atoms with Crippen LogP contribution in [-0.2, 0) is 4.79 Å². The van der Waals surface area contributed by atoms with Crippen molar-refractivity contribution in [3.8, 4) is 0 Å². The van der Waals surface area contributed by atoms with E-state index in [1.807, 2.05) is 55.4 Å². The molecule has 0 unspecified atom stereocenters. The molecule has 0 spiro atoms. The molecule has 0 bridgehead atoms. The number of thiazole rings is 1. The van der Waals surface area contributed by atoms with E-state index in [1.165, 1.54) is 23.5 Å². The summed E-state index contributed by atoms with van der Waals surface area (Å²) in [6.07, 6.45) is 3.31. The van der Waals surface area contributed by atoms with Crippen molar-refractivity contribution in [2.75, 3.05) is 32.1 Å². The number of anilines is 1. The van der Waals surface area contributed by atoms with Crippen molar-refractivity contribution >= 4 is 51.1 Å². The number of carbonyl (C=O) groups excluding carboxylic acids is 1. The highest BCUT2D eigenvalue weighted by Gasteiger charge is 2.19. The third kappa shape index (κ3) is 5.35. The molecule has 7 heteroatoms. The fourth-order valence-corrected chi connectivity index (χ4v) is 3.45. The zero-order valence-electron chi connectivity index (χ0n) is 15.1. The molecule has 0 saturated carbocycles. The maximum absolute atomic E-state index is 14.0. The van der Waals surface area contributed by atoms with E-state index in [0.717, 1.165) is 10.3 Å². The average molecular weight is 406 g/mol. The second kappa shape index (κ2) is 9.60. The van der Waals surface area contributed by atoms with Crippen molar-refractivity contribution in [2.24, 2.45) is 0 Å². The van der Waals surface area contributed by atoms with Crippen LogP contribution in [0.4, 0.5) is 9.52 Å². The number of likely N-dealkylation sites (N-methyl/N-ethyl adjacent to an activating group) is 1. The number of halogens is 2. The Balaban J connectivity index is 0.00000261. The lowest BCUT2D eigenvalue weighted by Gasteiger charge is -2.20. The molecule has 1 heterocycles. The molecule has 0 aliphatic heterocycles. The molecule has 0 radical (unpaired) electrons. The van der Waals surface area contributed by atoms with E-state index in [-0.39, 0.29) is 24.1 Å². The summed E-state index contributed by atoms with van der Waals surface area (Å²) in [7, 11) is 3.89. The van der Waals surface area contributed by atoms with E-state index in [4.69, 9.17) is 0 Å². The lowest BCUT2D eigenvalue weighted by Crippen LogP contribution is -2.35. The highest BCUT2D eigenvalue weighted by Crippen LogP contribution is 2.30. The Morgan fingerprint density at radius 3 is 2.52 bits per heavy atom. The summed E-state index contributed by atoms with van der Waals surface area (Å²) in [6.45, 7) is 1.16. The number of aromatic nitrogens is 1. The van der Waals surface area contributed by atoms with Gasteiger partial charge >= 0.3 is 0 Å².